The number of rotatable bonds is 4. The van der Waals surface area contributed by atoms with Crippen molar-refractivity contribution in [1.82, 2.24) is 14.5 Å². The van der Waals surface area contributed by atoms with E-state index in [0.717, 1.165) is 16.9 Å². The van der Waals surface area contributed by atoms with E-state index in [9.17, 15) is 4.79 Å². The van der Waals surface area contributed by atoms with Gasteiger partial charge in [0.25, 0.3) is 5.56 Å². The summed E-state index contributed by atoms with van der Waals surface area (Å²) < 4.78 is 1.66. The molecule has 0 radical (unpaired) electrons. The summed E-state index contributed by atoms with van der Waals surface area (Å²) in [5.41, 5.74) is 3.30. The molecule has 0 saturated carbocycles. The number of thioether (sulfide) groups is 1. The Morgan fingerprint density at radius 1 is 1.07 bits per heavy atom. The van der Waals surface area contributed by atoms with Gasteiger partial charge in [0, 0.05) is 17.0 Å². The second kappa shape index (κ2) is 7.55. The van der Waals surface area contributed by atoms with Crippen LogP contribution in [0.3, 0.4) is 0 Å². The Hall–Kier alpha value is -2.63. The molecule has 0 aliphatic rings. The second-order valence-electron chi connectivity index (χ2n) is 6.15. The fraction of sp³-hybridized carbons (Fsp3) is 0.0952. The van der Waals surface area contributed by atoms with Gasteiger partial charge in [-0.15, -0.1) is 0 Å². The lowest BCUT2D eigenvalue weighted by molar-refractivity contribution is 0.818. The quantitative estimate of drug-likeness (QED) is 0.360. The molecular weight excluding hydrogens is 378 g/mol. The van der Waals surface area contributed by atoms with Crippen LogP contribution < -0.4 is 5.56 Å². The van der Waals surface area contributed by atoms with Gasteiger partial charge in [-0.2, -0.15) is 0 Å². The molecular formula is C21H16ClN3OS. The third-order valence-corrected chi connectivity index (χ3v) is 5.34. The highest BCUT2D eigenvalue weighted by atomic mass is 35.5. The van der Waals surface area contributed by atoms with Crippen LogP contribution in [0.2, 0.25) is 5.02 Å². The average molecular weight is 394 g/mol. The van der Waals surface area contributed by atoms with Gasteiger partial charge in [0.05, 0.1) is 22.3 Å². The Bertz CT molecular complexity index is 1180. The van der Waals surface area contributed by atoms with E-state index in [2.05, 4.69) is 4.98 Å². The molecule has 134 valence electrons. The van der Waals surface area contributed by atoms with Gasteiger partial charge in [-0.25, -0.2) is 4.98 Å². The standard InChI is InChI=1S/C21H16ClN3OS/c1-14-5-4-7-17(11-14)25-20(26)18-9-8-15(22)12-19(18)24-21(25)27-13-16-6-2-3-10-23-16/h2-12H,13H2,1H3. The number of benzene rings is 2. The maximum atomic E-state index is 13.2. The summed E-state index contributed by atoms with van der Waals surface area (Å²) in [4.78, 5) is 22.3. The second-order valence-corrected chi connectivity index (χ2v) is 7.52. The minimum atomic E-state index is -0.106. The first-order valence-corrected chi connectivity index (χ1v) is 9.80. The van der Waals surface area contributed by atoms with E-state index >= 15 is 0 Å². The monoisotopic (exact) mass is 393 g/mol. The lowest BCUT2D eigenvalue weighted by atomic mass is 10.2. The summed E-state index contributed by atoms with van der Waals surface area (Å²) in [7, 11) is 0. The molecule has 0 N–H and O–H groups in total. The Morgan fingerprint density at radius 2 is 1.96 bits per heavy atom. The minimum absolute atomic E-state index is 0.106. The fourth-order valence-electron chi connectivity index (χ4n) is 2.85. The number of pyridine rings is 1. The van der Waals surface area contributed by atoms with Gasteiger partial charge in [0.2, 0.25) is 0 Å². The number of fused-ring (bicyclic) bond motifs is 1. The smallest absolute Gasteiger partial charge is 0.266 e. The maximum Gasteiger partial charge on any atom is 0.266 e. The predicted octanol–water partition coefficient (Wildman–Crippen LogP) is 5.03. The van der Waals surface area contributed by atoms with Crippen molar-refractivity contribution in [3.8, 4) is 5.69 Å². The number of hydrogen-bond donors (Lipinski definition) is 0. The van der Waals surface area contributed by atoms with Crippen LogP contribution in [-0.2, 0) is 5.75 Å². The molecule has 0 bridgehead atoms. The van der Waals surface area contributed by atoms with E-state index in [1.165, 1.54) is 11.8 Å². The number of halogens is 1. The van der Waals surface area contributed by atoms with E-state index in [4.69, 9.17) is 16.6 Å². The van der Waals surface area contributed by atoms with Crippen molar-refractivity contribution in [2.75, 3.05) is 0 Å². The van der Waals surface area contributed by atoms with E-state index in [1.807, 2.05) is 49.4 Å². The number of nitrogens with zero attached hydrogens (tertiary/aromatic N) is 3. The zero-order valence-electron chi connectivity index (χ0n) is 14.6. The van der Waals surface area contributed by atoms with Crippen molar-refractivity contribution >= 4 is 34.3 Å². The van der Waals surface area contributed by atoms with Gasteiger partial charge in [0.1, 0.15) is 0 Å². The molecule has 4 aromatic rings. The van der Waals surface area contributed by atoms with Gasteiger partial charge >= 0.3 is 0 Å². The van der Waals surface area contributed by atoms with Crippen molar-refractivity contribution < 1.29 is 0 Å². The van der Waals surface area contributed by atoms with Crippen molar-refractivity contribution in [2.45, 2.75) is 17.8 Å². The maximum absolute atomic E-state index is 13.2. The molecule has 0 amide bonds. The van der Waals surface area contributed by atoms with Gasteiger partial charge in [-0.3, -0.25) is 14.3 Å². The Kier molecular flexibility index (Phi) is 4.97. The lowest BCUT2D eigenvalue weighted by Crippen LogP contribution is -2.21. The van der Waals surface area contributed by atoms with Crippen LogP contribution in [0.15, 0.2) is 76.8 Å². The molecule has 0 saturated heterocycles. The molecule has 0 aliphatic carbocycles. The highest BCUT2D eigenvalue weighted by Crippen LogP contribution is 2.25. The first-order chi connectivity index (χ1) is 13.1. The zero-order valence-corrected chi connectivity index (χ0v) is 16.2. The third-order valence-electron chi connectivity index (χ3n) is 4.14. The van der Waals surface area contributed by atoms with Gasteiger partial charge in [-0.1, -0.05) is 41.6 Å². The zero-order chi connectivity index (χ0) is 18.8. The molecule has 0 fully saturated rings. The predicted molar refractivity (Wildman–Crippen MR) is 111 cm³/mol. The molecule has 4 rings (SSSR count). The van der Waals surface area contributed by atoms with Crippen LogP contribution >= 0.6 is 23.4 Å². The lowest BCUT2D eigenvalue weighted by Gasteiger charge is -2.13. The molecule has 6 heteroatoms. The Morgan fingerprint density at radius 3 is 2.74 bits per heavy atom. The number of hydrogen-bond acceptors (Lipinski definition) is 4. The van der Waals surface area contributed by atoms with Crippen molar-refractivity contribution in [3.63, 3.8) is 0 Å². The largest absolute Gasteiger partial charge is 0.268 e. The van der Waals surface area contributed by atoms with E-state index < -0.39 is 0 Å². The van der Waals surface area contributed by atoms with Gasteiger partial charge < -0.3 is 0 Å². The average Bonchev–Trinajstić information content (AvgIpc) is 2.67. The summed E-state index contributed by atoms with van der Waals surface area (Å²) in [5.74, 6) is 0.616. The van der Waals surface area contributed by atoms with Crippen LogP contribution in [0.5, 0.6) is 0 Å². The third kappa shape index (κ3) is 3.75. The van der Waals surface area contributed by atoms with Crippen molar-refractivity contribution in [1.29, 1.82) is 0 Å². The van der Waals surface area contributed by atoms with Crippen molar-refractivity contribution in [2.24, 2.45) is 0 Å². The SMILES string of the molecule is Cc1cccc(-n2c(SCc3ccccn3)nc3cc(Cl)ccc3c2=O)c1. The van der Waals surface area contributed by atoms with Crippen LogP contribution in [0.25, 0.3) is 16.6 Å². The molecule has 0 atom stereocenters. The van der Waals surface area contributed by atoms with Crippen LogP contribution in [0.4, 0.5) is 0 Å². The van der Waals surface area contributed by atoms with E-state index in [0.29, 0.717) is 26.8 Å². The highest BCUT2D eigenvalue weighted by Gasteiger charge is 2.14. The summed E-state index contributed by atoms with van der Waals surface area (Å²) in [6, 6.07) is 18.8. The summed E-state index contributed by atoms with van der Waals surface area (Å²) in [6.07, 6.45) is 1.76. The highest BCUT2D eigenvalue weighted by molar-refractivity contribution is 7.98. The summed E-state index contributed by atoms with van der Waals surface area (Å²) in [5, 5.41) is 1.72. The minimum Gasteiger partial charge on any atom is -0.268 e. The van der Waals surface area contributed by atoms with Gasteiger partial charge in [0.15, 0.2) is 5.16 Å². The molecule has 2 aromatic carbocycles. The summed E-state index contributed by atoms with van der Waals surface area (Å²) in [6.45, 7) is 2.00. The molecule has 0 spiro atoms. The molecule has 0 aliphatic heterocycles. The molecule has 0 unspecified atom stereocenters. The summed E-state index contributed by atoms with van der Waals surface area (Å²) >= 11 is 7.59. The molecule has 2 heterocycles. The topological polar surface area (TPSA) is 47.8 Å². The molecule has 4 nitrogen and oxygen atoms in total. The van der Waals surface area contributed by atoms with E-state index in [1.54, 1.807) is 29.0 Å². The van der Waals surface area contributed by atoms with Crippen LogP contribution in [0.1, 0.15) is 11.3 Å². The van der Waals surface area contributed by atoms with Gasteiger partial charge in [-0.05, 0) is 55.0 Å². The first-order valence-electron chi connectivity index (χ1n) is 8.44. The number of aryl methyl sites for hydroxylation is 1. The Labute approximate surface area is 165 Å². The van der Waals surface area contributed by atoms with E-state index in [-0.39, 0.29) is 5.56 Å². The number of aromatic nitrogens is 3. The normalized spacial score (nSPS) is 11.0. The van der Waals surface area contributed by atoms with Crippen LogP contribution in [-0.4, -0.2) is 14.5 Å². The first kappa shape index (κ1) is 17.8. The van der Waals surface area contributed by atoms with Crippen molar-refractivity contribution in [3.05, 3.63) is 93.5 Å². The fourth-order valence-corrected chi connectivity index (χ4v) is 3.95. The molecule has 2 aromatic heterocycles. The van der Waals surface area contributed by atoms with Crippen LogP contribution in [0, 0.1) is 6.92 Å². The molecule has 27 heavy (non-hydrogen) atoms. The Balaban J connectivity index is 1.88.